The first-order valence-electron chi connectivity index (χ1n) is 5.00. The van der Waals surface area contributed by atoms with Crippen LogP contribution in [0, 0.1) is 0 Å². The molecule has 82 valence electrons. The average Bonchev–Trinajstić information content (AvgIpc) is 2.18. The fourth-order valence-corrected chi connectivity index (χ4v) is 1.15. The van der Waals surface area contributed by atoms with E-state index in [2.05, 4.69) is 15.3 Å². The van der Waals surface area contributed by atoms with Crippen molar-refractivity contribution < 1.29 is 4.79 Å². The van der Waals surface area contributed by atoms with E-state index in [1.807, 2.05) is 6.92 Å². The molecule has 0 aliphatic carbocycles. The van der Waals surface area contributed by atoms with Gasteiger partial charge in [-0.25, -0.2) is 4.98 Å². The maximum absolute atomic E-state index is 11.4. The molecule has 0 bridgehead atoms. The number of hydrogen-bond acceptors (Lipinski definition) is 4. The Hall–Kier alpha value is -1.49. The number of nitrogens with one attached hydrogen (secondary N) is 1. The molecular weight excluding hydrogens is 192 g/mol. The normalized spacial score (nSPS) is 12.1. The highest BCUT2D eigenvalue weighted by molar-refractivity contribution is 5.89. The van der Waals surface area contributed by atoms with E-state index in [4.69, 9.17) is 5.73 Å². The Morgan fingerprint density at radius 2 is 2.40 bits per heavy atom. The van der Waals surface area contributed by atoms with Gasteiger partial charge in [-0.15, -0.1) is 0 Å². The summed E-state index contributed by atoms with van der Waals surface area (Å²) in [7, 11) is 0. The van der Waals surface area contributed by atoms with Gasteiger partial charge in [-0.3, -0.25) is 9.78 Å². The molecule has 3 N–H and O–H groups in total. The lowest BCUT2D eigenvalue weighted by molar-refractivity contribution is -0.116. The fourth-order valence-electron chi connectivity index (χ4n) is 1.15. The predicted molar refractivity (Wildman–Crippen MR) is 58.2 cm³/mol. The zero-order valence-corrected chi connectivity index (χ0v) is 8.81. The average molecular weight is 208 g/mol. The molecule has 1 heterocycles. The first-order valence-corrected chi connectivity index (χ1v) is 5.00. The molecule has 1 unspecified atom stereocenters. The summed E-state index contributed by atoms with van der Waals surface area (Å²) in [5, 5.41) is 2.66. The van der Waals surface area contributed by atoms with Crippen LogP contribution in [-0.2, 0) is 4.79 Å². The Morgan fingerprint density at radius 1 is 1.60 bits per heavy atom. The van der Waals surface area contributed by atoms with Crippen LogP contribution in [0.25, 0.3) is 0 Å². The van der Waals surface area contributed by atoms with Crippen LogP contribution in [0.1, 0.15) is 26.2 Å². The zero-order chi connectivity index (χ0) is 11.1. The standard InChI is InChI=1S/C10H16N4O/c1-8(11)3-2-4-10(15)14-9-7-12-5-6-13-9/h5-8H,2-4,11H2,1H3,(H,13,14,15). The molecule has 1 amide bonds. The molecule has 1 atom stereocenters. The number of nitrogens with two attached hydrogens (primary N) is 1. The lowest BCUT2D eigenvalue weighted by Gasteiger charge is -2.05. The molecule has 1 rings (SSSR count). The number of rotatable bonds is 5. The molecule has 0 saturated heterocycles. The van der Waals surface area contributed by atoms with Crippen molar-refractivity contribution >= 4 is 11.7 Å². The van der Waals surface area contributed by atoms with Crippen molar-refractivity contribution in [2.45, 2.75) is 32.2 Å². The molecule has 5 heteroatoms. The topological polar surface area (TPSA) is 80.9 Å². The number of carbonyl (C=O) groups excluding carboxylic acids is 1. The largest absolute Gasteiger partial charge is 0.328 e. The van der Waals surface area contributed by atoms with Gasteiger partial charge >= 0.3 is 0 Å². The molecular formula is C10H16N4O. The molecule has 0 aliphatic heterocycles. The van der Waals surface area contributed by atoms with Gasteiger partial charge in [-0.1, -0.05) is 0 Å². The van der Waals surface area contributed by atoms with E-state index in [-0.39, 0.29) is 11.9 Å². The van der Waals surface area contributed by atoms with E-state index in [9.17, 15) is 4.79 Å². The molecule has 0 saturated carbocycles. The van der Waals surface area contributed by atoms with Gasteiger partial charge in [0, 0.05) is 24.9 Å². The monoisotopic (exact) mass is 208 g/mol. The second kappa shape index (κ2) is 6.08. The van der Waals surface area contributed by atoms with E-state index in [0.29, 0.717) is 12.2 Å². The molecule has 5 nitrogen and oxygen atoms in total. The van der Waals surface area contributed by atoms with Crippen molar-refractivity contribution in [2.75, 3.05) is 5.32 Å². The first-order chi connectivity index (χ1) is 7.18. The fraction of sp³-hybridized carbons (Fsp3) is 0.500. The Kier molecular flexibility index (Phi) is 4.70. The summed E-state index contributed by atoms with van der Waals surface area (Å²) >= 11 is 0. The van der Waals surface area contributed by atoms with E-state index < -0.39 is 0 Å². The number of amides is 1. The number of nitrogens with zero attached hydrogens (tertiary/aromatic N) is 2. The maximum atomic E-state index is 11.4. The molecule has 0 aliphatic rings. The first kappa shape index (κ1) is 11.6. The highest BCUT2D eigenvalue weighted by atomic mass is 16.1. The molecule has 15 heavy (non-hydrogen) atoms. The summed E-state index contributed by atoms with van der Waals surface area (Å²) in [5.74, 6) is 0.444. The quantitative estimate of drug-likeness (QED) is 0.754. The lowest BCUT2D eigenvalue weighted by Crippen LogP contribution is -2.17. The number of anilines is 1. The lowest BCUT2D eigenvalue weighted by atomic mass is 10.1. The molecule has 1 aromatic heterocycles. The molecule has 0 radical (unpaired) electrons. The Bertz CT molecular complexity index is 300. The van der Waals surface area contributed by atoms with E-state index in [1.54, 1.807) is 6.20 Å². The van der Waals surface area contributed by atoms with Crippen molar-refractivity contribution in [1.29, 1.82) is 0 Å². The summed E-state index contributed by atoms with van der Waals surface area (Å²) in [4.78, 5) is 19.2. The van der Waals surface area contributed by atoms with Gasteiger partial charge in [-0.2, -0.15) is 0 Å². The van der Waals surface area contributed by atoms with Crippen LogP contribution in [0.4, 0.5) is 5.82 Å². The highest BCUT2D eigenvalue weighted by Gasteiger charge is 2.03. The van der Waals surface area contributed by atoms with Crippen LogP contribution in [0.15, 0.2) is 18.6 Å². The molecule has 0 spiro atoms. The predicted octanol–water partition coefficient (Wildman–Crippen LogP) is 0.933. The van der Waals surface area contributed by atoms with Crippen LogP contribution >= 0.6 is 0 Å². The third kappa shape index (κ3) is 5.07. The summed E-state index contributed by atoms with van der Waals surface area (Å²) in [6.07, 6.45) is 6.74. The summed E-state index contributed by atoms with van der Waals surface area (Å²) in [6, 6.07) is 0.148. The minimum absolute atomic E-state index is 0.0452. The van der Waals surface area contributed by atoms with Gasteiger partial charge in [0.25, 0.3) is 0 Å². The minimum Gasteiger partial charge on any atom is -0.328 e. The second-order valence-electron chi connectivity index (χ2n) is 3.51. The van der Waals surface area contributed by atoms with Crippen LogP contribution in [0.2, 0.25) is 0 Å². The number of carbonyl (C=O) groups is 1. The smallest absolute Gasteiger partial charge is 0.225 e. The summed E-state index contributed by atoms with van der Waals surface area (Å²) < 4.78 is 0. The SMILES string of the molecule is CC(N)CCCC(=O)Nc1cnccn1. The van der Waals surface area contributed by atoms with Gasteiger partial charge in [-0.05, 0) is 19.8 Å². The second-order valence-corrected chi connectivity index (χ2v) is 3.51. The third-order valence-corrected chi connectivity index (χ3v) is 1.89. The van der Waals surface area contributed by atoms with Crippen LogP contribution < -0.4 is 11.1 Å². The van der Waals surface area contributed by atoms with Crippen molar-refractivity contribution in [3.8, 4) is 0 Å². The molecule has 1 aromatic rings. The molecule has 0 aromatic carbocycles. The van der Waals surface area contributed by atoms with E-state index in [1.165, 1.54) is 12.4 Å². The maximum Gasteiger partial charge on any atom is 0.225 e. The van der Waals surface area contributed by atoms with Gasteiger partial charge in [0.2, 0.25) is 5.91 Å². The van der Waals surface area contributed by atoms with Crippen LogP contribution in [0.3, 0.4) is 0 Å². The van der Waals surface area contributed by atoms with Gasteiger partial charge in [0.1, 0.15) is 0 Å². The van der Waals surface area contributed by atoms with Crippen molar-refractivity contribution in [3.05, 3.63) is 18.6 Å². The van der Waals surface area contributed by atoms with E-state index >= 15 is 0 Å². The van der Waals surface area contributed by atoms with Crippen molar-refractivity contribution in [3.63, 3.8) is 0 Å². The number of aromatic nitrogens is 2. The Morgan fingerprint density at radius 3 is 3.00 bits per heavy atom. The Balaban J connectivity index is 2.25. The van der Waals surface area contributed by atoms with E-state index in [0.717, 1.165) is 12.8 Å². The zero-order valence-electron chi connectivity index (χ0n) is 8.81. The highest BCUT2D eigenvalue weighted by Crippen LogP contribution is 2.02. The minimum atomic E-state index is -0.0452. The van der Waals surface area contributed by atoms with Crippen LogP contribution in [-0.4, -0.2) is 21.9 Å². The third-order valence-electron chi connectivity index (χ3n) is 1.89. The van der Waals surface area contributed by atoms with Gasteiger partial charge in [0.05, 0.1) is 6.20 Å². The van der Waals surface area contributed by atoms with Gasteiger partial charge < -0.3 is 11.1 Å². The van der Waals surface area contributed by atoms with Gasteiger partial charge in [0.15, 0.2) is 5.82 Å². The summed E-state index contributed by atoms with van der Waals surface area (Å²) in [6.45, 7) is 1.93. The summed E-state index contributed by atoms with van der Waals surface area (Å²) in [5.41, 5.74) is 5.58. The van der Waals surface area contributed by atoms with Crippen molar-refractivity contribution in [1.82, 2.24) is 9.97 Å². The van der Waals surface area contributed by atoms with Crippen LogP contribution in [0.5, 0.6) is 0 Å². The molecule has 0 fully saturated rings. The number of hydrogen-bond donors (Lipinski definition) is 2. The van der Waals surface area contributed by atoms with Crippen molar-refractivity contribution in [2.24, 2.45) is 5.73 Å². The Labute approximate surface area is 89.1 Å².